The minimum Gasteiger partial charge on any atom is -0.461 e. The summed E-state index contributed by atoms with van der Waals surface area (Å²) in [5.41, 5.74) is 4.33. The van der Waals surface area contributed by atoms with E-state index in [4.69, 9.17) is 4.42 Å². The van der Waals surface area contributed by atoms with Gasteiger partial charge in [0.1, 0.15) is 11.5 Å². The minimum atomic E-state index is 0.233. The maximum atomic E-state index is 6.09. The molecule has 0 bridgehead atoms. The summed E-state index contributed by atoms with van der Waals surface area (Å²) in [5.74, 6) is 2.20. The van der Waals surface area contributed by atoms with E-state index in [1.807, 2.05) is 0 Å². The zero-order valence-electron chi connectivity index (χ0n) is 11.4. The molecule has 1 nitrogen and oxygen atoms in total. The van der Waals surface area contributed by atoms with Crippen LogP contribution in [-0.4, -0.2) is 0 Å². The summed E-state index contributed by atoms with van der Waals surface area (Å²) < 4.78 is 6.09. The van der Waals surface area contributed by atoms with Gasteiger partial charge < -0.3 is 4.42 Å². The predicted molar refractivity (Wildman–Crippen MR) is 74.8 cm³/mol. The summed E-state index contributed by atoms with van der Waals surface area (Å²) in [4.78, 5) is 0. The quantitative estimate of drug-likeness (QED) is 0.693. The number of hydrogen-bond donors (Lipinski definition) is 0. The van der Waals surface area contributed by atoms with Crippen LogP contribution in [0.1, 0.15) is 43.6 Å². The van der Waals surface area contributed by atoms with E-state index in [1.165, 1.54) is 36.0 Å². The fourth-order valence-electron chi connectivity index (χ4n) is 3.22. The van der Waals surface area contributed by atoms with Crippen LogP contribution in [0.3, 0.4) is 0 Å². The predicted octanol–water partition coefficient (Wildman–Crippen LogP) is 4.87. The van der Waals surface area contributed by atoms with E-state index >= 15 is 0 Å². The Bertz CT molecular complexity index is 561. The molecule has 1 aromatic carbocycles. The Hall–Kier alpha value is -1.50. The summed E-state index contributed by atoms with van der Waals surface area (Å²) in [6, 6.07) is 10.5. The van der Waals surface area contributed by atoms with Crippen molar-refractivity contribution in [1.82, 2.24) is 0 Å². The van der Waals surface area contributed by atoms with Gasteiger partial charge in [0, 0.05) is 11.1 Å². The molecule has 0 atom stereocenters. The number of rotatable bonds is 1. The number of furan rings is 1. The number of fused-ring (bicyclic) bond motifs is 1. The Balaban J connectivity index is 2.24. The van der Waals surface area contributed by atoms with E-state index in [0.717, 1.165) is 11.5 Å². The highest BCUT2D eigenvalue weighted by Gasteiger charge is 2.34. The molecule has 94 valence electrons. The summed E-state index contributed by atoms with van der Waals surface area (Å²) in [7, 11) is 0. The van der Waals surface area contributed by atoms with E-state index in [-0.39, 0.29) is 5.41 Å². The van der Waals surface area contributed by atoms with Crippen LogP contribution < -0.4 is 0 Å². The molecule has 18 heavy (non-hydrogen) atoms. The first kappa shape index (κ1) is 11.6. The van der Waals surface area contributed by atoms with Gasteiger partial charge >= 0.3 is 0 Å². The second kappa shape index (κ2) is 4.01. The molecule has 0 N–H and O–H groups in total. The summed E-state index contributed by atoms with van der Waals surface area (Å²) in [5, 5.41) is 0. The highest BCUT2D eigenvalue weighted by atomic mass is 16.3. The van der Waals surface area contributed by atoms with E-state index < -0.39 is 0 Å². The van der Waals surface area contributed by atoms with Gasteiger partial charge in [-0.15, -0.1) is 0 Å². The number of hydrogen-bond acceptors (Lipinski definition) is 1. The Morgan fingerprint density at radius 3 is 2.56 bits per heavy atom. The van der Waals surface area contributed by atoms with Gasteiger partial charge in [0.25, 0.3) is 0 Å². The smallest absolute Gasteiger partial charge is 0.138 e. The molecule has 0 fully saturated rings. The zero-order valence-corrected chi connectivity index (χ0v) is 11.4. The Labute approximate surface area is 109 Å². The van der Waals surface area contributed by atoms with Crippen LogP contribution in [-0.2, 0) is 11.8 Å². The molecule has 1 aliphatic rings. The molecule has 1 heterocycles. The van der Waals surface area contributed by atoms with Crippen molar-refractivity contribution in [3.63, 3.8) is 0 Å². The first-order chi connectivity index (χ1) is 8.59. The van der Waals surface area contributed by atoms with Crippen molar-refractivity contribution in [2.24, 2.45) is 0 Å². The molecule has 0 spiro atoms. The van der Waals surface area contributed by atoms with Crippen molar-refractivity contribution >= 4 is 0 Å². The maximum Gasteiger partial charge on any atom is 0.138 e. The van der Waals surface area contributed by atoms with Crippen LogP contribution in [0, 0.1) is 6.92 Å². The normalized spacial score (nSPS) is 17.5. The number of benzene rings is 1. The Kier molecular flexibility index (Phi) is 2.58. The lowest BCUT2D eigenvalue weighted by atomic mass is 9.72. The topological polar surface area (TPSA) is 13.1 Å². The molecule has 1 aromatic heterocycles. The zero-order chi connectivity index (χ0) is 12.8. The molecular formula is C17H20O. The molecule has 0 aliphatic heterocycles. The lowest BCUT2D eigenvalue weighted by Crippen LogP contribution is -2.23. The molecule has 2 aromatic rings. The molecule has 0 saturated carbocycles. The fourth-order valence-corrected chi connectivity index (χ4v) is 3.22. The monoisotopic (exact) mass is 240 g/mol. The third kappa shape index (κ3) is 1.69. The van der Waals surface area contributed by atoms with Crippen molar-refractivity contribution in [3.05, 3.63) is 47.2 Å². The van der Waals surface area contributed by atoms with Crippen LogP contribution in [0.5, 0.6) is 0 Å². The first-order valence-corrected chi connectivity index (χ1v) is 6.78. The highest BCUT2D eigenvalue weighted by molar-refractivity contribution is 5.66. The lowest BCUT2D eigenvalue weighted by Gasteiger charge is -2.30. The maximum absolute atomic E-state index is 6.09. The van der Waals surface area contributed by atoms with Gasteiger partial charge in [-0.3, -0.25) is 0 Å². The molecule has 3 rings (SSSR count). The largest absolute Gasteiger partial charge is 0.461 e. The number of aryl methyl sites for hydroxylation is 1. The first-order valence-electron chi connectivity index (χ1n) is 6.78. The average Bonchev–Trinajstić information content (AvgIpc) is 2.69. The second-order valence-electron chi connectivity index (χ2n) is 5.94. The molecule has 0 amide bonds. The van der Waals surface area contributed by atoms with Gasteiger partial charge in [-0.25, -0.2) is 0 Å². The van der Waals surface area contributed by atoms with Gasteiger partial charge in [-0.05, 0) is 37.2 Å². The lowest BCUT2D eigenvalue weighted by molar-refractivity contribution is 0.433. The van der Waals surface area contributed by atoms with E-state index in [2.05, 4.69) is 51.1 Å². The van der Waals surface area contributed by atoms with Gasteiger partial charge in [0.05, 0.1) is 0 Å². The van der Waals surface area contributed by atoms with Crippen LogP contribution in [0.25, 0.3) is 11.3 Å². The molecule has 0 radical (unpaired) electrons. The Morgan fingerprint density at radius 1 is 1.11 bits per heavy atom. The van der Waals surface area contributed by atoms with Crippen molar-refractivity contribution in [3.8, 4) is 11.3 Å². The van der Waals surface area contributed by atoms with Gasteiger partial charge in [0.2, 0.25) is 0 Å². The standard InChI is InChI=1S/C17H20O/c1-12-14-10-7-11-17(2,3)15(14)16(18-12)13-8-5-4-6-9-13/h4-6,8-9H,7,10-11H2,1-3H3. The van der Waals surface area contributed by atoms with Crippen LogP contribution in [0.2, 0.25) is 0 Å². The van der Waals surface area contributed by atoms with Gasteiger partial charge in [-0.2, -0.15) is 0 Å². The van der Waals surface area contributed by atoms with Crippen LogP contribution >= 0.6 is 0 Å². The summed E-state index contributed by atoms with van der Waals surface area (Å²) in [6.07, 6.45) is 3.69. The average molecular weight is 240 g/mol. The van der Waals surface area contributed by atoms with E-state index in [0.29, 0.717) is 0 Å². The molecule has 0 saturated heterocycles. The second-order valence-corrected chi connectivity index (χ2v) is 5.94. The van der Waals surface area contributed by atoms with E-state index in [1.54, 1.807) is 0 Å². The fraction of sp³-hybridized carbons (Fsp3) is 0.412. The van der Waals surface area contributed by atoms with Crippen molar-refractivity contribution in [2.45, 2.75) is 45.4 Å². The minimum absolute atomic E-state index is 0.233. The van der Waals surface area contributed by atoms with Crippen molar-refractivity contribution in [2.75, 3.05) is 0 Å². The molecule has 1 heteroatoms. The molecule has 0 unspecified atom stereocenters. The third-order valence-corrected chi connectivity index (χ3v) is 4.15. The highest BCUT2D eigenvalue weighted by Crippen LogP contribution is 2.45. The van der Waals surface area contributed by atoms with Gasteiger partial charge in [-0.1, -0.05) is 44.2 Å². The molecular weight excluding hydrogens is 220 g/mol. The van der Waals surface area contributed by atoms with Crippen molar-refractivity contribution < 1.29 is 4.42 Å². The van der Waals surface area contributed by atoms with Crippen LogP contribution in [0.15, 0.2) is 34.7 Å². The Morgan fingerprint density at radius 2 is 1.83 bits per heavy atom. The van der Waals surface area contributed by atoms with Crippen LogP contribution in [0.4, 0.5) is 0 Å². The summed E-state index contributed by atoms with van der Waals surface area (Å²) in [6.45, 7) is 6.78. The summed E-state index contributed by atoms with van der Waals surface area (Å²) >= 11 is 0. The SMILES string of the molecule is Cc1oc(-c2ccccc2)c2c1CCCC2(C)C. The van der Waals surface area contributed by atoms with E-state index in [9.17, 15) is 0 Å². The van der Waals surface area contributed by atoms with Gasteiger partial charge in [0.15, 0.2) is 0 Å². The van der Waals surface area contributed by atoms with Crippen molar-refractivity contribution in [1.29, 1.82) is 0 Å². The third-order valence-electron chi connectivity index (χ3n) is 4.15. The molecule has 1 aliphatic carbocycles.